The molecule has 0 amide bonds. The zero-order valence-electron chi connectivity index (χ0n) is 14.8. The number of hydrogen-bond acceptors (Lipinski definition) is 5. The lowest BCUT2D eigenvalue weighted by atomic mass is 10.0. The number of nitrogens with two attached hydrogens (primary N) is 1. The van der Waals surface area contributed by atoms with Crippen molar-refractivity contribution in [3.05, 3.63) is 59.7 Å². The van der Waals surface area contributed by atoms with Crippen LogP contribution in [-0.2, 0) is 16.6 Å². The molecule has 0 aliphatic carbocycles. The van der Waals surface area contributed by atoms with Crippen molar-refractivity contribution in [1.29, 1.82) is 0 Å². The summed E-state index contributed by atoms with van der Waals surface area (Å²) in [4.78, 5) is 13.7. The molecule has 0 spiro atoms. The van der Waals surface area contributed by atoms with Gasteiger partial charge in [0.2, 0.25) is 10.0 Å². The highest BCUT2D eigenvalue weighted by Gasteiger charge is 2.22. The van der Waals surface area contributed by atoms with Crippen molar-refractivity contribution < 1.29 is 18.3 Å². The van der Waals surface area contributed by atoms with E-state index in [0.29, 0.717) is 5.69 Å². The van der Waals surface area contributed by atoms with Gasteiger partial charge in [-0.2, -0.15) is 0 Å². The van der Waals surface area contributed by atoms with Gasteiger partial charge in [0, 0.05) is 31.4 Å². The highest BCUT2D eigenvalue weighted by atomic mass is 32.2. The molecule has 0 radical (unpaired) electrons. The molecule has 7 nitrogen and oxygen atoms in total. The van der Waals surface area contributed by atoms with Gasteiger partial charge < -0.3 is 10.4 Å². The third-order valence-corrected chi connectivity index (χ3v) is 5.66. The SMILES string of the molecule is NS(=O)(=O)c1ccc(NC2CCN(Cc3ccccc3)CC2)c(C(=O)O)c1. The highest BCUT2D eigenvalue weighted by Crippen LogP contribution is 2.24. The van der Waals surface area contributed by atoms with E-state index in [2.05, 4.69) is 22.3 Å². The molecule has 4 N–H and O–H groups in total. The molecular formula is C19H23N3O4S. The number of hydrogen-bond donors (Lipinski definition) is 3. The van der Waals surface area contributed by atoms with Crippen LogP contribution in [-0.4, -0.2) is 43.5 Å². The maximum Gasteiger partial charge on any atom is 0.337 e. The van der Waals surface area contributed by atoms with Gasteiger partial charge in [0.05, 0.1) is 10.5 Å². The van der Waals surface area contributed by atoms with E-state index in [9.17, 15) is 18.3 Å². The molecule has 1 fully saturated rings. The first-order chi connectivity index (χ1) is 12.8. The van der Waals surface area contributed by atoms with E-state index in [0.717, 1.165) is 38.5 Å². The van der Waals surface area contributed by atoms with E-state index >= 15 is 0 Å². The fourth-order valence-electron chi connectivity index (χ4n) is 3.30. The summed E-state index contributed by atoms with van der Waals surface area (Å²) in [6.07, 6.45) is 1.76. The molecule has 0 atom stereocenters. The molecule has 0 unspecified atom stereocenters. The number of anilines is 1. The number of carboxylic acids is 1. The second kappa shape index (κ2) is 8.08. The van der Waals surface area contributed by atoms with E-state index in [-0.39, 0.29) is 16.5 Å². The van der Waals surface area contributed by atoms with Crippen LogP contribution in [0.5, 0.6) is 0 Å². The third-order valence-electron chi connectivity index (χ3n) is 4.75. The van der Waals surface area contributed by atoms with Crippen molar-refractivity contribution in [3.8, 4) is 0 Å². The molecule has 1 aliphatic rings. The summed E-state index contributed by atoms with van der Waals surface area (Å²) in [5, 5.41) is 17.8. The van der Waals surface area contributed by atoms with Gasteiger partial charge in [-0.25, -0.2) is 18.4 Å². The Morgan fingerprint density at radius 3 is 2.41 bits per heavy atom. The van der Waals surface area contributed by atoms with Crippen LogP contribution in [0.1, 0.15) is 28.8 Å². The van der Waals surface area contributed by atoms with Gasteiger partial charge in [-0.05, 0) is 36.6 Å². The molecule has 1 aliphatic heterocycles. The van der Waals surface area contributed by atoms with Gasteiger partial charge >= 0.3 is 5.97 Å². The van der Waals surface area contributed by atoms with Crippen molar-refractivity contribution in [2.45, 2.75) is 30.3 Å². The number of sulfonamides is 1. The minimum absolute atomic E-state index is 0.0896. The minimum atomic E-state index is -3.94. The first-order valence-corrected chi connectivity index (χ1v) is 10.3. The Morgan fingerprint density at radius 2 is 1.81 bits per heavy atom. The molecule has 2 aromatic carbocycles. The molecule has 3 rings (SSSR count). The van der Waals surface area contributed by atoms with Crippen molar-refractivity contribution in [2.24, 2.45) is 5.14 Å². The van der Waals surface area contributed by atoms with E-state index in [1.807, 2.05) is 18.2 Å². The van der Waals surface area contributed by atoms with Crippen LogP contribution in [0.25, 0.3) is 0 Å². The van der Waals surface area contributed by atoms with Crippen LogP contribution in [0.15, 0.2) is 53.4 Å². The Hall–Kier alpha value is -2.42. The summed E-state index contributed by atoms with van der Waals surface area (Å²) in [6.45, 7) is 2.71. The third kappa shape index (κ3) is 5.06. The van der Waals surface area contributed by atoms with Gasteiger partial charge in [0.15, 0.2) is 0 Å². The van der Waals surface area contributed by atoms with E-state index in [1.165, 1.54) is 17.7 Å². The Balaban J connectivity index is 1.64. The predicted octanol–water partition coefficient (Wildman–Crippen LogP) is 2.11. The number of carbonyl (C=O) groups is 1. The maximum absolute atomic E-state index is 11.5. The molecular weight excluding hydrogens is 366 g/mol. The highest BCUT2D eigenvalue weighted by molar-refractivity contribution is 7.89. The summed E-state index contributed by atoms with van der Waals surface area (Å²) < 4.78 is 22.9. The zero-order chi connectivity index (χ0) is 19.4. The Labute approximate surface area is 158 Å². The van der Waals surface area contributed by atoms with Crippen LogP contribution < -0.4 is 10.5 Å². The standard InChI is InChI=1S/C19H23N3O4S/c20-27(25,26)16-6-7-18(17(12-16)19(23)24)21-15-8-10-22(11-9-15)13-14-4-2-1-3-5-14/h1-7,12,15,21H,8-11,13H2,(H,23,24)(H2,20,25,26). The molecule has 0 saturated carbocycles. The Kier molecular flexibility index (Phi) is 5.79. The second-order valence-corrected chi connectivity index (χ2v) is 8.30. The first kappa shape index (κ1) is 19.3. The van der Waals surface area contributed by atoms with E-state index in [4.69, 9.17) is 5.14 Å². The largest absolute Gasteiger partial charge is 0.478 e. The molecule has 0 aromatic heterocycles. The fraction of sp³-hybridized carbons (Fsp3) is 0.316. The van der Waals surface area contributed by atoms with Gasteiger partial charge in [0.1, 0.15) is 0 Å². The first-order valence-electron chi connectivity index (χ1n) is 8.76. The fourth-order valence-corrected chi connectivity index (χ4v) is 3.84. The monoisotopic (exact) mass is 389 g/mol. The average Bonchev–Trinajstić information content (AvgIpc) is 2.63. The lowest BCUT2D eigenvalue weighted by Crippen LogP contribution is -2.38. The van der Waals surface area contributed by atoms with E-state index in [1.54, 1.807) is 0 Å². The van der Waals surface area contributed by atoms with Gasteiger partial charge in [-0.1, -0.05) is 30.3 Å². The molecule has 1 saturated heterocycles. The van der Waals surface area contributed by atoms with Crippen molar-refractivity contribution in [1.82, 2.24) is 4.90 Å². The molecule has 1 heterocycles. The number of piperidine rings is 1. The van der Waals surface area contributed by atoms with Crippen LogP contribution in [0.4, 0.5) is 5.69 Å². The zero-order valence-corrected chi connectivity index (χ0v) is 15.7. The summed E-state index contributed by atoms with van der Waals surface area (Å²) in [5.41, 5.74) is 1.60. The molecule has 8 heteroatoms. The predicted molar refractivity (Wildman–Crippen MR) is 103 cm³/mol. The smallest absolute Gasteiger partial charge is 0.337 e. The molecule has 2 aromatic rings. The number of benzene rings is 2. The minimum Gasteiger partial charge on any atom is -0.478 e. The van der Waals surface area contributed by atoms with Crippen molar-refractivity contribution in [3.63, 3.8) is 0 Å². The number of rotatable bonds is 6. The van der Waals surface area contributed by atoms with E-state index < -0.39 is 16.0 Å². The molecule has 0 bridgehead atoms. The summed E-state index contributed by atoms with van der Waals surface area (Å²) in [7, 11) is -3.94. The number of nitrogens with one attached hydrogen (secondary N) is 1. The Morgan fingerprint density at radius 1 is 1.15 bits per heavy atom. The quantitative estimate of drug-likeness (QED) is 0.697. The topological polar surface area (TPSA) is 113 Å². The van der Waals surface area contributed by atoms with Crippen LogP contribution >= 0.6 is 0 Å². The number of carboxylic acid groups (broad SMARTS) is 1. The normalized spacial score (nSPS) is 16.2. The second-order valence-electron chi connectivity index (χ2n) is 6.74. The Bertz CT molecular complexity index is 908. The summed E-state index contributed by atoms with van der Waals surface area (Å²) >= 11 is 0. The van der Waals surface area contributed by atoms with Crippen LogP contribution in [0.3, 0.4) is 0 Å². The molecule has 144 valence electrons. The van der Waals surface area contributed by atoms with Crippen LogP contribution in [0, 0.1) is 0 Å². The lowest BCUT2D eigenvalue weighted by molar-refractivity contribution is 0.0697. The lowest BCUT2D eigenvalue weighted by Gasteiger charge is -2.33. The summed E-state index contributed by atoms with van der Waals surface area (Å²) in [5.74, 6) is -1.19. The number of nitrogens with zero attached hydrogens (tertiary/aromatic N) is 1. The van der Waals surface area contributed by atoms with Crippen molar-refractivity contribution in [2.75, 3.05) is 18.4 Å². The number of primary sulfonamides is 1. The summed E-state index contributed by atoms with van der Waals surface area (Å²) in [6, 6.07) is 14.3. The maximum atomic E-state index is 11.5. The number of aromatic carboxylic acids is 1. The number of likely N-dealkylation sites (tertiary alicyclic amines) is 1. The van der Waals surface area contributed by atoms with Gasteiger partial charge in [-0.3, -0.25) is 4.90 Å². The van der Waals surface area contributed by atoms with Gasteiger partial charge in [0.25, 0.3) is 0 Å². The van der Waals surface area contributed by atoms with Gasteiger partial charge in [-0.15, -0.1) is 0 Å². The average molecular weight is 389 g/mol. The van der Waals surface area contributed by atoms with Crippen LogP contribution in [0.2, 0.25) is 0 Å². The molecule has 27 heavy (non-hydrogen) atoms. The van der Waals surface area contributed by atoms with Crippen molar-refractivity contribution >= 4 is 21.7 Å².